The first-order valence-corrected chi connectivity index (χ1v) is 12.1. The fourth-order valence-electron chi connectivity index (χ4n) is 4.95. The Morgan fingerprint density at radius 2 is 1.63 bits per heavy atom. The van der Waals surface area contributed by atoms with E-state index in [4.69, 9.17) is 23.7 Å². The summed E-state index contributed by atoms with van der Waals surface area (Å²) in [6, 6.07) is 9.51. The van der Waals surface area contributed by atoms with E-state index in [1.54, 1.807) is 24.3 Å². The van der Waals surface area contributed by atoms with E-state index in [2.05, 4.69) is 0 Å². The summed E-state index contributed by atoms with van der Waals surface area (Å²) in [6.07, 6.45) is -7.76. The lowest BCUT2D eigenvalue weighted by atomic mass is 9.80. The molecular formula is C26H34O12. The molecule has 0 aliphatic carbocycles. The third-order valence-electron chi connectivity index (χ3n) is 7.13. The lowest BCUT2D eigenvalue weighted by Crippen LogP contribution is -2.60. The van der Waals surface area contributed by atoms with Gasteiger partial charge in [-0.15, -0.1) is 0 Å². The van der Waals surface area contributed by atoms with Gasteiger partial charge < -0.3 is 59.4 Å². The standard InChI is InChI=1S/C26H34O12/c1-34-18-8-14(4-5-16(18)29)24-15(10-27)26(33,12-36-24)9-13-3-6-17(19(7-13)35-2)37-25-23(32)22(31)21(30)20(11-28)38-25/h3-8,15,20-25,27-33H,9-12H2,1-2H3/t15-,20+,21+,22+,23+,24+,25+,26-/m0/s1. The predicted molar refractivity (Wildman–Crippen MR) is 130 cm³/mol. The molecule has 2 aliphatic heterocycles. The number of phenolic OH excluding ortho intramolecular Hbond substituents is 1. The largest absolute Gasteiger partial charge is 0.504 e. The first kappa shape index (κ1) is 28.3. The van der Waals surface area contributed by atoms with Gasteiger partial charge in [0.1, 0.15) is 24.4 Å². The SMILES string of the molecule is COc1cc([C@H]2OC[C@@](O)(Cc3ccc(O[C@@H]4O[C@H](CO)[C@@H](O)[C@@H](O)[C@H]4O)c(OC)c3)[C@H]2CO)ccc1O. The van der Waals surface area contributed by atoms with Gasteiger partial charge in [-0.3, -0.25) is 0 Å². The summed E-state index contributed by atoms with van der Waals surface area (Å²) in [5.41, 5.74) is -0.165. The number of hydrogen-bond acceptors (Lipinski definition) is 12. The van der Waals surface area contributed by atoms with E-state index in [-0.39, 0.29) is 42.6 Å². The maximum atomic E-state index is 11.5. The first-order chi connectivity index (χ1) is 18.1. The van der Waals surface area contributed by atoms with Crippen molar-refractivity contribution in [3.05, 3.63) is 47.5 Å². The molecule has 0 amide bonds. The van der Waals surface area contributed by atoms with Gasteiger partial charge in [-0.25, -0.2) is 0 Å². The van der Waals surface area contributed by atoms with Gasteiger partial charge in [0, 0.05) is 12.3 Å². The molecule has 2 aromatic rings. The van der Waals surface area contributed by atoms with E-state index >= 15 is 0 Å². The number of aliphatic hydroxyl groups excluding tert-OH is 5. The Balaban J connectivity index is 1.52. The monoisotopic (exact) mass is 538 g/mol. The van der Waals surface area contributed by atoms with Crippen LogP contribution in [0.4, 0.5) is 0 Å². The van der Waals surface area contributed by atoms with Crippen molar-refractivity contribution < 1.29 is 59.4 Å². The highest BCUT2D eigenvalue weighted by atomic mass is 16.7. The fourth-order valence-corrected chi connectivity index (χ4v) is 4.95. The molecule has 2 heterocycles. The predicted octanol–water partition coefficient (Wildman–Crippen LogP) is -0.758. The summed E-state index contributed by atoms with van der Waals surface area (Å²) in [7, 11) is 2.82. The van der Waals surface area contributed by atoms with Crippen LogP contribution in [0.25, 0.3) is 0 Å². The van der Waals surface area contributed by atoms with Crippen LogP contribution in [0.5, 0.6) is 23.0 Å². The molecular weight excluding hydrogens is 504 g/mol. The van der Waals surface area contributed by atoms with Crippen LogP contribution in [0.3, 0.4) is 0 Å². The minimum atomic E-state index is -1.59. The molecule has 38 heavy (non-hydrogen) atoms. The van der Waals surface area contributed by atoms with Crippen molar-refractivity contribution in [1.29, 1.82) is 0 Å². The van der Waals surface area contributed by atoms with Crippen LogP contribution in [0.2, 0.25) is 0 Å². The molecule has 0 saturated carbocycles. The number of aliphatic hydroxyl groups is 6. The number of ether oxygens (including phenoxy) is 5. The van der Waals surface area contributed by atoms with Crippen LogP contribution in [0, 0.1) is 5.92 Å². The molecule has 0 radical (unpaired) electrons. The molecule has 210 valence electrons. The average Bonchev–Trinajstić information content (AvgIpc) is 3.25. The fraction of sp³-hybridized carbons (Fsp3) is 0.538. The Hall–Kier alpha value is -2.68. The second kappa shape index (κ2) is 11.6. The van der Waals surface area contributed by atoms with Crippen molar-refractivity contribution in [2.75, 3.05) is 34.0 Å². The average molecular weight is 539 g/mol. The molecule has 0 unspecified atom stereocenters. The smallest absolute Gasteiger partial charge is 0.229 e. The highest BCUT2D eigenvalue weighted by Gasteiger charge is 2.49. The Morgan fingerprint density at radius 3 is 2.29 bits per heavy atom. The maximum absolute atomic E-state index is 11.5. The van der Waals surface area contributed by atoms with Crippen molar-refractivity contribution in [1.82, 2.24) is 0 Å². The van der Waals surface area contributed by atoms with Gasteiger partial charge >= 0.3 is 0 Å². The summed E-state index contributed by atoms with van der Waals surface area (Å²) in [6.45, 7) is -1.01. The highest BCUT2D eigenvalue weighted by Crippen LogP contribution is 2.44. The van der Waals surface area contributed by atoms with Gasteiger partial charge in [0.15, 0.2) is 23.0 Å². The molecule has 8 atom stereocenters. The second-order valence-electron chi connectivity index (χ2n) is 9.53. The maximum Gasteiger partial charge on any atom is 0.229 e. The Morgan fingerprint density at radius 1 is 0.895 bits per heavy atom. The van der Waals surface area contributed by atoms with E-state index in [0.717, 1.165) is 0 Å². The number of rotatable bonds is 9. The number of benzene rings is 2. The van der Waals surface area contributed by atoms with Crippen molar-refractivity contribution in [3.8, 4) is 23.0 Å². The van der Waals surface area contributed by atoms with E-state index in [9.17, 15) is 35.7 Å². The molecule has 2 saturated heterocycles. The van der Waals surface area contributed by atoms with Gasteiger partial charge in [-0.2, -0.15) is 0 Å². The number of aromatic hydroxyl groups is 1. The molecule has 0 spiro atoms. The number of phenols is 1. The lowest BCUT2D eigenvalue weighted by Gasteiger charge is -2.39. The van der Waals surface area contributed by atoms with Crippen LogP contribution < -0.4 is 14.2 Å². The quantitative estimate of drug-likeness (QED) is 0.212. The molecule has 0 aromatic heterocycles. The van der Waals surface area contributed by atoms with Crippen molar-refractivity contribution in [2.24, 2.45) is 5.92 Å². The van der Waals surface area contributed by atoms with Gasteiger partial charge in [0.25, 0.3) is 0 Å². The zero-order chi connectivity index (χ0) is 27.6. The minimum Gasteiger partial charge on any atom is -0.504 e. The third-order valence-corrected chi connectivity index (χ3v) is 7.13. The van der Waals surface area contributed by atoms with E-state index in [1.807, 2.05) is 0 Å². The number of methoxy groups -OCH3 is 2. The second-order valence-corrected chi connectivity index (χ2v) is 9.53. The van der Waals surface area contributed by atoms with Crippen molar-refractivity contribution in [2.45, 2.75) is 48.8 Å². The summed E-state index contributed by atoms with van der Waals surface area (Å²) >= 11 is 0. The van der Waals surface area contributed by atoms with Gasteiger partial charge in [0.05, 0.1) is 45.7 Å². The van der Waals surface area contributed by atoms with Gasteiger partial charge in [-0.1, -0.05) is 12.1 Å². The Kier molecular flexibility index (Phi) is 8.65. The summed E-state index contributed by atoms with van der Waals surface area (Å²) in [4.78, 5) is 0. The molecule has 12 heteroatoms. The lowest BCUT2D eigenvalue weighted by molar-refractivity contribution is -0.277. The zero-order valence-corrected chi connectivity index (χ0v) is 21.0. The van der Waals surface area contributed by atoms with Crippen LogP contribution in [0.1, 0.15) is 17.2 Å². The number of hydrogen-bond donors (Lipinski definition) is 7. The van der Waals surface area contributed by atoms with Crippen molar-refractivity contribution >= 4 is 0 Å². The summed E-state index contributed by atoms with van der Waals surface area (Å²) in [5, 5.41) is 71.2. The molecule has 4 rings (SSSR count). The van der Waals surface area contributed by atoms with Crippen LogP contribution >= 0.6 is 0 Å². The van der Waals surface area contributed by atoms with Crippen molar-refractivity contribution in [3.63, 3.8) is 0 Å². The van der Waals surface area contributed by atoms with Crippen LogP contribution in [-0.4, -0.2) is 106 Å². The third kappa shape index (κ3) is 5.40. The first-order valence-electron chi connectivity index (χ1n) is 12.1. The molecule has 12 nitrogen and oxygen atoms in total. The molecule has 0 bridgehead atoms. The zero-order valence-electron chi connectivity index (χ0n) is 21.0. The summed E-state index contributed by atoms with van der Waals surface area (Å²) < 4.78 is 27.6. The molecule has 2 aliphatic rings. The molecule has 7 N–H and O–H groups in total. The van der Waals surface area contributed by atoms with E-state index in [0.29, 0.717) is 11.1 Å². The van der Waals surface area contributed by atoms with E-state index < -0.39 is 54.9 Å². The molecule has 2 aromatic carbocycles. The normalized spacial score (nSPS) is 33.2. The van der Waals surface area contributed by atoms with E-state index in [1.165, 1.54) is 26.4 Å². The van der Waals surface area contributed by atoms with Crippen LogP contribution in [-0.2, 0) is 15.9 Å². The summed E-state index contributed by atoms with van der Waals surface area (Å²) in [5.74, 6) is -0.0840. The Labute approximate surface area is 219 Å². The van der Waals surface area contributed by atoms with Crippen LogP contribution in [0.15, 0.2) is 36.4 Å². The topological polar surface area (TPSA) is 188 Å². The minimum absolute atomic E-state index is 0.0387. The Bertz CT molecular complexity index is 1090. The van der Waals surface area contributed by atoms with Gasteiger partial charge in [0.2, 0.25) is 6.29 Å². The van der Waals surface area contributed by atoms with Gasteiger partial charge in [-0.05, 0) is 35.4 Å². The highest BCUT2D eigenvalue weighted by molar-refractivity contribution is 5.45. The molecule has 2 fully saturated rings.